The molecule has 8 nitrogen and oxygen atoms in total. The number of nitrogen functional groups attached to an aromatic ring is 4. The third-order valence-corrected chi connectivity index (χ3v) is 4.23. The molecule has 1 aromatic carbocycles. The molecule has 3 rings (SSSR count). The van der Waals surface area contributed by atoms with Crippen molar-refractivity contribution in [3.05, 3.63) is 47.3 Å². The lowest BCUT2D eigenvalue weighted by Gasteiger charge is -2.15. The maximum atomic E-state index is 5.83. The molecule has 0 aliphatic heterocycles. The van der Waals surface area contributed by atoms with Crippen LogP contribution in [0, 0.1) is 6.92 Å². The van der Waals surface area contributed by atoms with Gasteiger partial charge in [-0.2, -0.15) is 10.2 Å². The van der Waals surface area contributed by atoms with Crippen LogP contribution in [0.25, 0.3) is 0 Å². The Morgan fingerprint density at radius 1 is 0.889 bits per heavy atom. The van der Waals surface area contributed by atoms with Crippen LogP contribution < -0.4 is 22.9 Å². The summed E-state index contributed by atoms with van der Waals surface area (Å²) in [5.74, 6) is 1.08. The Morgan fingerprint density at radius 3 is 1.85 bits per heavy atom. The van der Waals surface area contributed by atoms with Crippen LogP contribution in [0.3, 0.4) is 0 Å². The molecule has 0 saturated heterocycles. The molecule has 8 N–H and O–H groups in total. The summed E-state index contributed by atoms with van der Waals surface area (Å²) in [5.41, 5.74) is 27.0. The summed E-state index contributed by atoms with van der Waals surface area (Å²) < 4.78 is 3.33. The lowest BCUT2D eigenvalue weighted by Crippen LogP contribution is -2.14. The highest BCUT2D eigenvalue weighted by Crippen LogP contribution is 2.29. The van der Waals surface area contributed by atoms with Crippen molar-refractivity contribution in [1.82, 2.24) is 19.6 Å². The monoisotopic (exact) mass is 370 g/mol. The average Bonchev–Trinajstić information content (AvgIpc) is 3.01. The average molecular weight is 371 g/mol. The van der Waals surface area contributed by atoms with E-state index in [0.29, 0.717) is 29.6 Å². The second kappa shape index (κ2) is 7.61. The highest BCUT2D eigenvalue weighted by atomic mass is 15.3. The van der Waals surface area contributed by atoms with Gasteiger partial charge in [0, 0.05) is 12.5 Å². The van der Waals surface area contributed by atoms with E-state index in [1.54, 1.807) is 16.4 Å². The van der Waals surface area contributed by atoms with Crippen molar-refractivity contribution in [1.29, 1.82) is 0 Å². The Kier molecular flexibility index (Phi) is 5.68. The number of hydrogen-bond donors (Lipinski definition) is 4. The van der Waals surface area contributed by atoms with Gasteiger partial charge in [-0.15, -0.1) is 0 Å². The Hall–Kier alpha value is -3.16. The summed E-state index contributed by atoms with van der Waals surface area (Å²) in [7, 11) is 1.79. The lowest BCUT2D eigenvalue weighted by atomic mass is 9.91. The highest BCUT2D eigenvalue weighted by Gasteiger charge is 2.22. The first-order chi connectivity index (χ1) is 12.5. The molecule has 0 aliphatic rings. The van der Waals surface area contributed by atoms with E-state index in [-0.39, 0.29) is 5.41 Å². The highest BCUT2D eigenvalue weighted by molar-refractivity contribution is 5.63. The third-order valence-electron chi connectivity index (χ3n) is 4.23. The molecule has 0 fully saturated rings. The second-order valence-corrected chi connectivity index (χ2v) is 7.55. The molecule has 8 heteroatoms. The van der Waals surface area contributed by atoms with Crippen LogP contribution >= 0.6 is 0 Å². The van der Waals surface area contributed by atoms with E-state index in [2.05, 4.69) is 31.0 Å². The molecular weight excluding hydrogens is 340 g/mol. The van der Waals surface area contributed by atoms with Crippen molar-refractivity contribution < 1.29 is 0 Å². The number of aromatic nitrogens is 4. The molecule has 0 atom stereocenters. The predicted octanol–water partition coefficient (Wildman–Crippen LogP) is 2.29. The molecule has 2 aromatic heterocycles. The van der Waals surface area contributed by atoms with Gasteiger partial charge in [-0.05, 0) is 12.5 Å². The summed E-state index contributed by atoms with van der Waals surface area (Å²) in [4.78, 5) is 0. The molecule has 0 unspecified atom stereocenters. The quantitative estimate of drug-likeness (QED) is 0.545. The minimum atomic E-state index is -0.0422. The van der Waals surface area contributed by atoms with Gasteiger partial charge < -0.3 is 22.9 Å². The molecule has 2 heterocycles. The number of aryl methyl sites for hydroxylation is 2. The topological polar surface area (TPSA) is 140 Å². The molecule has 27 heavy (non-hydrogen) atoms. The van der Waals surface area contributed by atoms with Crippen LogP contribution in [0.1, 0.15) is 37.7 Å². The van der Waals surface area contributed by atoms with E-state index in [9.17, 15) is 0 Å². The van der Waals surface area contributed by atoms with Crippen LogP contribution in [0.4, 0.5) is 23.0 Å². The van der Waals surface area contributed by atoms with Gasteiger partial charge in [-0.25, -0.2) is 4.68 Å². The first-order valence-electron chi connectivity index (χ1n) is 8.73. The third kappa shape index (κ3) is 4.52. The summed E-state index contributed by atoms with van der Waals surface area (Å²) in [5, 5.41) is 8.52. The molecule has 146 valence electrons. The molecular formula is C19H30N8. The summed E-state index contributed by atoms with van der Waals surface area (Å²) >= 11 is 0. The van der Waals surface area contributed by atoms with E-state index in [1.165, 1.54) is 0 Å². The van der Waals surface area contributed by atoms with E-state index in [1.807, 2.05) is 37.3 Å². The van der Waals surface area contributed by atoms with Crippen LogP contribution in [0.2, 0.25) is 0 Å². The van der Waals surface area contributed by atoms with Crippen LogP contribution in [-0.4, -0.2) is 19.6 Å². The Bertz CT molecular complexity index is 900. The van der Waals surface area contributed by atoms with Crippen molar-refractivity contribution in [2.45, 2.75) is 39.7 Å². The number of rotatable bonds is 2. The van der Waals surface area contributed by atoms with Gasteiger partial charge in [0.25, 0.3) is 0 Å². The normalized spacial score (nSPS) is 11.1. The number of hydrogen-bond acceptors (Lipinski definition) is 6. The molecule has 0 amide bonds. The molecule has 3 aromatic rings. The van der Waals surface area contributed by atoms with Crippen molar-refractivity contribution in [2.24, 2.45) is 7.05 Å². The van der Waals surface area contributed by atoms with E-state index in [0.717, 1.165) is 17.0 Å². The zero-order chi connectivity index (χ0) is 20.4. The maximum absolute atomic E-state index is 5.83. The van der Waals surface area contributed by atoms with Gasteiger partial charge in [-0.3, -0.25) is 4.68 Å². The minimum Gasteiger partial charge on any atom is -0.394 e. The summed E-state index contributed by atoms with van der Waals surface area (Å²) in [6.07, 6.45) is 0. The molecule has 0 spiro atoms. The standard InChI is InChI=1S/C11H14N4.C8H16N4/c1-8-10(12)11(13)15(14-8)7-9-5-3-2-4-6-9;1-8(2,3)6-5(9)7(10)12(4)11-6/h2-6H,7,12-13H2,1H3;9-10H2,1-4H3. The van der Waals surface area contributed by atoms with E-state index < -0.39 is 0 Å². The first kappa shape index (κ1) is 20.2. The first-order valence-corrected chi connectivity index (χ1v) is 8.73. The van der Waals surface area contributed by atoms with Gasteiger partial charge in [0.1, 0.15) is 11.6 Å². The molecule has 0 aliphatic carbocycles. The van der Waals surface area contributed by atoms with Crippen molar-refractivity contribution in [2.75, 3.05) is 22.9 Å². The Balaban J connectivity index is 0.000000199. The minimum absolute atomic E-state index is 0.0422. The van der Waals surface area contributed by atoms with Gasteiger partial charge in [0.2, 0.25) is 0 Å². The van der Waals surface area contributed by atoms with Gasteiger partial charge in [-0.1, -0.05) is 51.1 Å². The summed E-state index contributed by atoms with van der Waals surface area (Å²) in [6, 6.07) is 10.0. The zero-order valence-corrected chi connectivity index (χ0v) is 16.7. The smallest absolute Gasteiger partial charge is 0.145 e. The zero-order valence-electron chi connectivity index (χ0n) is 16.7. The lowest BCUT2D eigenvalue weighted by molar-refractivity contribution is 0.555. The Labute approximate surface area is 160 Å². The van der Waals surface area contributed by atoms with E-state index in [4.69, 9.17) is 22.9 Å². The molecule has 0 radical (unpaired) electrons. The van der Waals surface area contributed by atoms with Crippen molar-refractivity contribution in [3.63, 3.8) is 0 Å². The number of nitrogens with zero attached hydrogens (tertiary/aromatic N) is 4. The SMILES string of the molecule is Cc1nn(Cc2ccccc2)c(N)c1N.Cn1nc(C(C)(C)C)c(N)c1N. The van der Waals surface area contributed by atoms with Crippen molar-refractivity contribution >= 4 is 23.0 Å². The van der Waals surface area contributed by atoms with Gasteiger partial charge in [0.15, 0.2) is 0 Å². The number of nitrogens with two attached hydrogens (primary N) is 4. The van der Waals surface area contributed by atoms with Crippen LogP contribution in [-0.2, 0) is 19.0 Å². The maximum Gasteiger partial charge on any atom is 0.145 e. The van der Waals surface area contributed by atoms with Crippen LogP contribution in [0.15, 0.2) is 30.3 Å². The predicted molar refractivity (Wildman–Crippen MR) is 112 cm³/mol. The van der Waals surface area contributed by atoms with E-state index >= 15 is 0 Å². The van der Waals surface area contributed by atoms with Crippen LogP contribution in [0.5, 0.6) is 0 Å². The molecule has 0 saturated carbocycles. The second-order valence-electron chi connectivity index (χ2n) is 7.55. The number of anilines is 4. The fraction of sp³-hybridized carbons (Fsp3) is 0.368. The number of benzene rings is 1. The van der Waals surface area contributed by atoms with Gasteiger partial charge in [0.05, 0.1) is 29.3 Å². The van der Waals surface area contributed by atoms with Gasteiger partial charge >= 0.3 is 0 Å². The van der Waals surface area contributed by atoms with Crippen molar-refractivity contribution in [3.8, 4) is 0 Å². The Morgan fingerprint density at radius 2 is 1.48 bits per heavy atom. The fourth-order valence-corrected chi connectivity index (χ4v) is 2.60. The fourth-order valence-electron chi connectivity index (χ4n) is 2.60. The largest absolute Gasteiger partial charge is 0.394 e. The summed E-state index contributed by atoms with van der Waals surface area (Å²) in [6.45, 7) is 8.69. The molecule has 0 bridgehead atoms.